The normalized spacial score (nSPS) is 22.0. The van der Waals surface area contributed by atoms with E-state index >= 15 is 0 Å². The number of aryl methyl sites for hydroxylation is 2. The lowest BCUT2D eigenvalue weighted by Gasteiger charge is -2.25. The number of nitrogens with zero attached hydrogens (tertiary/aromatic N) is 5. The molecule has 1 aliphatic carbocycles. The molecule has 188 valence electrons. The lowest BCUT2D eigenvalue weighted by Crippen LogP contribution is -2.25. The minimum Gasteiger partial charge on any atom is -0.406 e. The van der Waals surface area contributed by atoms with Gasteiger partial charge in [0, 0.05) is 30.6 Å². The number of methoxy groups -OCH3 is 1. The van der Waals surface area contributed by atoms with Crippen LogP contribution in [-0.4, -0.2) is 50.0 Å². The van der Waals surface area contributed by atoms with Gasteiger partial charge in [0.25, 0.3) is 0 Å². The van der Waals surface area contributed by atoms with Gasteiger partial charge in [0.05, 0.1) is 24.3 Å². The highest BCUT2D eigenvalue weighted by molar-refractivity contribution is 5.95. The largest absolute Gasteiger partial charge is 0.573 e. The summed E-state index contributed by atoms with van der Waals surface area (Å²) < 4.78 is 50.8. The lowest BCUT2D eigenvalue weighted by atomic mass is 9.98. The molecule has 0 saturated heterocycles. The van der Waals surface area contributed by atoms with Crippen LogP contribution in [0.4, 0.5) is 18.9 Å². The highest BCUT2D eigenvalue weighted by Crippen LogP contribution is 2.33. The molecular weight excluding hydrogens is 477 g/mol. The number of imidazole rings is 1. The van der Waals surface area contributed by atoms with Crippen LogP contribution >= 0.6 is 0 Å². The highest BCUT2D eigenvalue weighted by Gasteiger charge is 2.32. The predicted molar refractivity (Wildman–Crippen MR) is 123 cm³/mol. The van der Waals surface area contributed by atoms with Crippen LogP contribution in [0.2, 0.25) is 0 Å². The van der Waals surface area contributed by atoms with Gasteiger partial charge in [-0.25, -0.2) is 9.67 Å². The Morgan fingerprint density at radius 3 is 2.78 bits per heavy atom. The van der Waals surface area contributed by atoms with Crippen molar-refractivity contribution in [3.05, 3.63) is 72.1 Å². The number of fused-ring (bicyclic) bond motifs is 1. The molecule has 0 fully saturated rings. The minimum absolute atomic E-state index is 0.0626. The number of anilines is 1. The summed E-state index contributed by atoms with van der Waals surface area (Å²) >= 11 is 0. The van der Waals surface area contributed by atoms with Crippen molar-refractivity contribution in [2.45, 2.75) is 44.3 Å². The van der Waals surface area contributed by atoms with Gasteiger partial charge in [-0.1, -0.05) is 23.4 Å². The van der Waals surface area contributed by atoms with Crippen LogP contribution in [0.5, 0.6) is 5.75 Å². The van der Waals surface area contributed by atoms with E-state index in [1.165, 1.54) is 22.9 Å². The molecule has 12 heteroatoms. The Balaban J connectivity index is 1.33. The fraction of sp³-hybridized carbons (Fsp3) is 0.333. The number of hydrogen-bond acceptors (Lipinski definition) is 6. The molecule has 36 heavy (non-hydrogen) atoms. The fourth-order valence-electron chi connectivity index (χ4n) is 4.43. The summed E-state index contributed by atoms with van der Waals surface area (Å²) in [5.74, 6) is -0.788. The number of carbonyl (C=O) groups excluding carboxylic acids is 1. The number of ether oxygens (including phenoxy) is 2. The summed E-state index contributed by atoms with van der Waals surface area (Å²) in [5, 5.41) is 11.1. The maximum absolute atomic E-state index is 12.9. The predicted octanol–water partition coefficient (Wildman–Crippen LogP) is 4.02. The number of amides is 1. The third kappa shape index (κ3) is 4.89. The van der Waals surface area contributed by atoms with Crippen molar-refractivity contribution in [2.24, 2.45) is 0 Å². The van der Waals surface area contributed by atoms with Gasteiger partial charge in [0.2, 0.25) is 5.91 Å². The topological polar surface area (TPSA) is 96.1 Å². The first-order chi connectivity index (χ1) is 17.2. The molecule has 9 nitrogen and oxygen atoms in total. The van der Waals surface area contributed by atoms with Crippen LogP contribution in [0.1, 0.15) is 35.5 Å². The zero-order chi connectivity index (χ0) is 25.4. The van der Waals surface area contributed by atoms with Crippen molar-refractivity contribution in [3.8, 4) is 5.75 Å². The first kappa shape index (κ1) is 23.8. The van der Waals surface area contributed by atoms with Gasteiger partial charge in [-0.2, -0.15) is 0 Å². The van der Waals surface area contributed by atoms with Gasteiger partial charge < -0.3 is 19.4 Å². The number of rotatable bonds is 5. The van der Waals surface area contributed by atoms with E-state index in [4.69, 9.17) is 4.74 Å². The van der Waals surface area contributed by atoms with Gasteiger partial charge in [0.15, 0.2) is 0 Å². The van der Waals surface area contributed by atoms with E-state index in [9.17, 15) is 18.0 Å². The molecule has 3 heterocycles. The Kier molecular flexibility index (Phi) is 6.12. The van der Waals surface area contributed by atoms with Crippen LogP contribution in [0.3, 0.4) is 0 Å². The van der Waals surface area contributed by atoms with Crippen molar-refractivity contribution in [1.29, 1.82) is 0 Å². The van der Waals surface area contributed by atoms with Gasteiger partial charge in [-0.15, -0.1) is 18.3 Å². The standard InChI is InChI=1S/C24H23F3N6O3/c1-14-11-32(13-28-14)20-7-5-16(9-22(20)35-2)19-12-33(31-30-19)21-8-4-15-3-6-17(36-24(25,26)27)10-18(15)29-23(21)34/h3,5-7,9-13,20-22H,4,8H2,1-2H3,(H,29,34). The molecule has 3 atom stereocenters. The molecule has 0 saturated carbocycles. The van der Waals surface area contributed by atoms with Crippen LogP contribution in [0.15, 0.2) is 55.1 Å². The van der Waals surface area contributed by atoms with Crippen molar-refractivity contribution in [3.63, 3.8) is 0 Å². The number of benzene rings is 1. The molecule has 2 aliphatic rings. The van der Waals surface area contributed by atoms with Crippen molar-refractivity contribution in [1.82, 2.24) is 24.5 Å². The minimum atomic E-state index is -4.82. The molecule has 1 aliphatic heterocycles. The number of halogens is 3. The average Bonchev–Trinajstić information content (AvgIpc) is 3.45. The summed E-state index contributed by atoms with van der Waals surface area (Å²) in [5.41, 5.74) is 3.27. The molecule has 0 bridgehead atoms. The summed E-state index contributed by atoms with van der Waals surface area (Å²) in [6, 6.07) is 3.19. The van der Waals surface area contributed by atoms with E-state index < -0.39 is 24.1 Å². The first-order valence-corrected chi connectivity index (χ1v) is 11.2. The summed E-state index contributed by atoms with van der Waals surface area (Å²) in [6.45, 7) is 1.92. The second kappa shape index (κ2) is 9.26. The fourth-order valence-corrected chi connectivity index (χ4v) is 4.43. The number of hydrogen-bond donors (Lipinski definition) is 1. The van der Waals surface area contributed by atoms with Crippen LogP contribution in [-0.2, 0) is 16.0 Å². The van der Waals surface area contributed by atoms with E-state index in [1.807, 2.05) is 35.9 Å². The summed E-state index contributed by atoms with van der Waals surface area (Å²) in [4.78, 5) is 17.2. The van der Waals surface area contributed by atoms with Gasteiger partial charge in [-0.3, -0.25) is 4.79 Å². The maximum Gasteiger partial charge on any atom is 0.573 e. The number of aromatic nitrogens is 5. The summed E-state index contributed by atoms with van der Waals surface area (Å²) in [6.07, 6.45) is 7.04. The molecule has 2 aromatic heterocycles. The van der Waals surface area contributed by atoms with Gasteiger partial charge >= 0.3 is 6.36 Å². The lowest BCUT2D eigenvalue weighted by molar-refractivity contribution is -0.274. The number of nitrogens with one attached hydrogen (secondary N) is 1. The zero-order valence-corrected chi connectivity index (χ0v) is 19.4. The Bertz CT molecular complexity index is 1340. The van der Waals surface area contributed by atoms with Gasteiger partial charge in [-0.05, 0) is 37.5 Å². The van der Waals surface area contributed by atoms with Crippen LogP contribution < -0.4 is 10.1 Å². The molecule has 1 N–H and O–H groups in total. The maximum atomic E-state index is 12.9. The molecule has 3 aromatic rings. The number of allylic oxidation sites excluding steroid dienone is 2. The Morgan fingerprint density at radius 2 is 2.06 bits per heavy atom. The van der Waals surface area contributed by atoms with E-state index in [0.717, 1.165) is 11.3 Å². The van der Waals surface area contributed by atoms with E-state index in [2.05, 4.69) is 25.3 Å². The third-order valence-corrected chi connectivity index (χ3v) is 6.19. The Morgan fingerprint density at radius 1 is 1.22 bits per heavy atom. The van der Waals surface area contributed by atoms with Crippen molar-refractivity contribution >= 4 is 17.2 Å². The van der Waals surface area contributed by atoms with Crippen LogP contribution in [0.25, 0.3) is 5.57 Å². The number of carbonyl (C=O) groups is 1. The molecule has 0 spiro atoms. The SMILES string of the molecule is COC1C=C(c2cn(C3CCc4ccc(OC(F)(F)F)cc4NC3=O)nn2)C=CC1n1cnc(C)c1. The van der Waals surface area contributed by atoms with E-state index in [0.29, 0.717) is 24.1 Å². The highest BCUT2D eigenvalue weighted by atomic mass is 19.4. The Labute approximate surface area is 204 Å². The molecular formula is C24H23F3N6O3. The zero-order valence-electron chi connectivity index (χ0n) is 19.4. The second-order valence-electron chi connectivity index (χ2n) is 8.63. The van der Waals surface area contributed by atoms with Gasteiger partial charge in [0.1, 0.15) is 23.6 Å². The molecule has 0 radical (unpaired) electrons. The first-order valence-electron chi connectivity index (χ1n) is 11.2. The summed E-state index contributed by atoms with van der Waals surface area (Å²) in [7, 11) is 1.63. The molecule has 5 rings (SSSR count). The molecule has 1 aromatic carbocycles. The second-order valence-corrected chi connectivity index (χ2v) is 8.63. The van der Waals surface area contributed by atoms with Crippen LogP contribution in [0, 0.1) is 6.92 Å². The number of alkyl halides is 3. The molecule has 1 amide bonds. The van der Waals surface area contributed by atoms with Crippen molar-refractivity contribution in [2.75, 3.05) is 12.4 Å². The quantitative estimate of drug-likeness (QED) is 0.569. The average molecular weight is 500 g/mol. The third-order valence-electron chi connectivity index (χ3n) is 6.19. The Hall–Kier alpha value is -3.93. The molecule has 3 unspecified atom stereocenters. The van der Waals surface area contributed by atoms with E-state index in [1.54, 1.807) is 19.6 Å². The van der Waals surface area contributed by atoms with Crippen molar-refractivity contribution < 1.29 is 27.4 Å². The monoisotopic (exact) mass is 500 g/mol. The smallest absolute Gasteiger partial charge is 0.406 e. The van der Waals surface area contributed by atoms with E-state index in [-0.39, 0.29) is 17.8 Å².